The van der Waals surface area contributed by atoms with Crippen molar-refractivity contribution >= 4 is 23.4 Å². The van der Waals surface area contributed by atoms with E-state index >= 15 is 0 Å². The smallest absolute Gasteiger partial charge is 0.377 e. The van der Waals surface area contributed by atoms with Crippen LogP contribution in [0.1, 0.15) is 21.5 Å². The second-order valence-corrected chi connectivity index (χ2v) is 3.72. The molecule has 1 aromatic carbocycles. The normalized spacial score (nSPS) is 10.0. The van der Waals surface area contributed by atoms with Crippen LogP contribution in [0.2, 0.25) is 5.02 Å². The van der Waals surface area contributed by atoms with Crippen LogP contribution in [0.15, 0.2) is 6.07 Å². The van der Waals surface area contributed by atoms with Gasteiger partial charge in [0, 0.05) is 5.02 Å². The lowest BCUT2D eigenvalue weighted by atomic mass is 10.0. The summed E-state index contributed by atoms with van der Waals surface area (Å²) in [5.74, 6) is -2.32. The van der Waals surface area contributed by atoms with Gasteiger partial charge in [0.1, 0.15) is 5.75 Å². The fraction of sp³-hybridized carbons (Fsp3) is 0.273. The fourth-order valence-electron chi connectivity index (χ4n) is 1.47. The maximum atomic E-state index is 11.5. The van der Waals surface area contributed by atoms with Crippen LogP contribution in [0.5, 0.6) is 5.75 Å². The van der Waals surface area contributed by atoms with Gasteiger partial charge in [0.15, 0.2) is 0 Å². The summed E-state index contributed by atoms with van der Waals surface area (Å²) >= 11 is 5.96. The third-order valence-corrected chi connectivity index (χ3v) is 2.87. The Hall–Kier alpha value is -1.55. The molecule has 0 aliphatic heterocycles. The molecule has 0 bridgehead atoms. The van der Waals surface area contributed by atoms with Crippen LogP contribution in [0, 0.1) is 13.8 Å². The van der Waals surface area contributed by atoms with Crippen LogP contribution in [0.4, 0.5) is 0 Å². The molecule has 0 amide bonds. The van der Waals surface area contributed by atoms with Gasteiger partial charge in [-0.25, -0.2) is 4.79 Å². The van der Waals surface area contributed by atoms with Crippen molar-refractivity contribution in [2.24, 2.45) is 0 Å². The molecule has 1 rings (SSSR count). The minimum Gasteiger partial charge on any atom is -0.496 e. The van der Waals surface area contributed by atoms with Crippen molar-refractivity contribution in [3.05, 3.63) is 27.8 Å². The van der Waals surface area contributed by atoms with Gasteiger partial charge in [-0.2, -0.15) is 0 Å². The molecule has 1 N–H and O–H groups in total. The molecule has 0 saturated carbocycles. The van der Waals surface area contributed by atoms with Gasteiger partial charge in [-0.15, -0.1) is 0 Å². The Kier molecular flexibility index (Phi) is 3.55. The standard InChI is InChI=1S/C11H11ClO4/c1-5-4-7(16-3)8(6(2)9(5)12)10(13)11(14)15/h4H,1-3H3,(H,14,15). The monoisotopic (exact) mass is 242 g/mol. The average molecular weight is 243 g/mol. The first-order chi connectivity index (χ1) is 7.40. The predicted octanol–water partition coefficient (Wildman–Crippen LogP) is 2.23. The first-order valence-electron chi connectivity index (χ1n) is 4.51. The molecule has 0 spiro atoms. The van der Waals surface area contributed by atoms with E-state index in [4.69, 9.17) is 21.4 Å². The molecule has 5 heteroatoms. The summed E-state index contributed by atoms with van der Waals surface area (Å²) in [6.45, 7) is 3.35. The summed E-state index contributed by atoms with van der Waals surface area (Å²) in [5.41, 5.74) is 1.16. The molecule has 0 heterocycles. The highest BCUT2D eigenvalue weighted by Crippen LogP contribution is 2.31. The van der Waals surface area contributed by atoms with Crippen LogP contribution in [-0.4, -0.2) is 24.0 Å². The van der Waals surface area contributed by atoms with E-state index in [-0.39, 0.29) is 11.3 Å². The summed E-state index contributed by atoms with van der Waals surface area (Å²) in [6, 6.07) is 1.55. The van der Waals surface area contributed by atoms with E-state index in [2.05, 4.69) is 0 Å². The largest absolute Gasteiger partial charge is 0.496 e. The molecule has 16 heavy (non-hydrogen) atoms. The number of ketones is 1. The molecule has 1 aromatic rings. The van der Waals surface area contributed by atoms with Crippen LogP contribution < -0.4 is 4.74 Å². The number of rotatable bonds is 3. The van der Waals surface area contributed by atoms with Gasteiger partial charge in [0.25, 0.3) is 5.78 Å². The van der Waals surface area contributed by atoms with Crippen molar-refractivity contribution in [3.8, 4) is 5.75 Å². The number of carbonyl (C=O) groups is 2. The summed E-state index contributed by atoms with van der Waals surface area (Å²) in [4.78, 5) is 22.1. The Bertz CT molecular complexity index is 466. The quantitative estimate of drug-likeness (QED) is 0.652. The number of hydrogen-bond donors (Lipinski definition) is 1. The number of hydrogen-bond acceptors (Lipinski definition) is 3. The Labute approximate surface area is 97.8 Å². The van der Waals surface area contributed by atoms with Crippen LogP contribution in [-0.2, 0) is 4.79 Å². The number of benzene rings is 1. The summed E-state index contributed by atoms with van der Waals surface area (Å²) in [7, 11) is 1.38. The molecule has 4 nitrogen and oxygen atoms in total. The SMILES string of the molecule is COc1cc(C)c(Cl)c(C)c1C(=O)C(=O)O. The zero-order valence-corrected chi connectivity index (χ0v) is 9.88. The first kappa shape index (κ1) is 12.5. The molecule has 0 unspecified atom stereocenters. The second kappa shape index (κ2) is 4.53. The lowest BCUT2D eigenvalue weighted by molar-refractivity contribution is -0.131. The number of carboxylic acid groups (broad SMARTS) is 1. The predicted molar refractivity (Wildman–Crippen MR) is 59.4 cm³/mol. The molecule has 0 aromatic heterocycles. The van der Waals surface area contributed by atoms with E-state index in [1.807, 2.05) is 0 Å². The van der Waals surface area contributed by atoms with Gasteiger partial charge in [0.05, 0.1) is 12.7 Å². The summed E-state index contributed by atoms with van der Waals surface area (Å²) in [5, 5.41) is 9.07. The minimum absolute atomic E-state index is 0.00519. The number of aryl methyl sites for hydroxylation is 1. The third kappa shape index (κ3) is 2.02. The van der Waals surface area contributed by atoms with Gasteiger partial charge in [-0.05, 0) is 31.0 Å². The second-order valence-electron chi connectivity index (χ2n) is 3.34. The molecule has 0 atom stereocenters. The zero-order chi connectivity index (χ0) is 12.5. The van der Waals surface area contributed by atoms with E-state index in [9.17, 15) is 9.59 Å². The number of carboxylic acids is 1. The Morgan fingerprint density at radius 3 is 2.38 bits per heavy atom. The van der Waals surface area contributed by atoms with Gasteiger partial charge in [-0.3, -0.25) is 4.79 Å². The maximum Gasteiger partial charge on any atom is 0.377 e. The van der Waals surface area contributed by atoms with E-state index in [1.54, 1.807) is 19.9 Å². The van der Waals surface area contributed by atoms with Gasteiger partial charge in [0.2, 0.25) is 0 Å². The van der Waals surface area contributed by atoms with Crippen LogP contribution >= 0.6 is 11.6 Å². The molecule has 0 aliphatic rings. The molecule has 0 radical (unpaired) electrons. The highest BCUT2D eigenvalue weighted by molar-refractivity contribution is 6.42. The number of methoxy groups -OCH3 is 1. The highest BCUT2D eigenvalue weighted by atomic mass is 35.5. The third-order valence-electron chi connectivity index (χ3n) is 2.29. The lowest BCUT2D eigenvalue weighted by Gasteiger charge is -2.12. The average Bonchev–Trinajstić information content (AvgIpc) is 2.24. The topological polar surface area (TPSA) is 63.6 Å². The maximum absolute atomic E-state index is 11.5. The molecular weight excluding hydrogens is 232 g/mol. The summed E-state index contributed by atoms with van der Waals surface area (Å²) < 4.78 is 4.99. The van der Waals surface area contributed by atoms with E-state index in [0.29, 0.717) is 10.6 Å². The van der Waals surface area contributed by atoms with Gasteiger partial charge < -0.3 is 9.84 Å². The summed E-state index contributed by atoms with van der Waals surface area (Å²) in [6.07, 6.45) is 0. The van der Waals surface area contributed by atoms with Crippen molar-refractivity contribution in [1.29, 1.82) is 0 Å². The number of halogens is 1. The van der Waals surface area contributed by atoms with E-state index < -0.39 is 11.8 Å². The van der Waals surface area contributed by atoms with Gasteiger partial charge >= 0.3 is 5.97 Å². The minimum atomic E-state index is -1.53. The lowest BCUT2D eigenvalue weighted by Crippen LogP contribution is -2.16. The van der Waals surface area contributed by atoms with Crippen LogP contribution in [0.3, 0.4) is 0 Å². The molecule has 0 fully saturated rings. The highest BCUT2D eigenvalue weighted by Gasteiger charge is 2.24. The van der Waals surface area contributed by atoms with E-state index in [0.717, 1.165) is 5.56 Å². The number of aliphatic carboxylic acids is 1. The Morgan fingerprint density at radius 1 is 1.38 bits per heavy atom. The molecular formula is C11H11ClO4. The van der Waals surface area contributed by atoms with Crippen LogP contribution in [0.25, 0.3) is 0 Å². The number of Topliss-reactive ketones (excluding diaryl/α,β-unsaturated/α-hetero) is 1. The Morgan fingerprint density at radius 2 is 1.94 bits per heavy atom. The number of ether oxygens (including phenoxy) is 1. The van der Waals surface area contributed by atoms with Crippen molar-refractivity contribution < 1.29 is 19.4 Å². The van der Waals surface area contributed by atoms with Gasteiger partial charge in [-0.1, -0.05) is 11.6 Å². The number of carbonyl (C=O) groups excluding carboxylic acids is 1. The van der Waals surface area contributed by atoms with E-state index in [1.165, 1.54) is 7.11 Å². The molecule has 0 saturated heterocycles. The first-order valence-corrected chi connectivity index (χ1v) is 4.89. The zero-order valence-electron chi connectivity index (χ0n) is 9.13. The Balaban J connectivity index is 3.53. The van der Waals surface area contributed by atoms with Crippen molar-refractivity contribution in [2.75, 3.05) is 7.11 Å². The fourth-order valence-corrected chi connectivity index (χ4v) is 1.62. The molecule has 0 aliphatic carbocycles. The van der Waals surface area contributed by atoms with Crippen molar-refractivity contribution in [3.63, 3.8) is 0 Å². The molecule has 86 valence electrons. The van der Waals surface area contributed by atoms with Crippen molar-refractivity contribution in [2.45, 2.75) is 13.8 Å². The van der Waals surface area contributed by atoms with Crippen molar-refractivity contribution in [1.82, 2.24) is 0 Å².